The molecule has 0 bridgehead atoms. The average molecular weight is 492 g/mol. The zero-order chi connectivity index (χ0) is 24.3. The highest BCUT2D eigenvalue weighted by Crippen LogP contribution is 2.41. The minimum atomic E-state index is -2.38. The Morgan fingerprint density at radius 1 is 1.20 bits per heavy atom. The second kappa shape index (κ2) is 8.10. The number of hydrogen-bond donors (Lipinski definition) is 1. The zero-order valence-corrected chi connectivity index (χ0v) is 20.6. The Labute approximate surface area is 203 Å². The van der Waals surface area contributed by atoms with E-state index in [1.807, 2.05) is 0 Å². The van der Waals surface area contributed by atoms with Crippen LogP contribution in [0.5, 0.6) is 0 Å². The number of pyridine rings is 1. The zero-order valence-electron chi connectivity index (χ0n) is 19.8. The predicted molar refractivity (Wildman–Crippen MR) is 136 cm³/mol. The third kappa shape index (κ3) is 4.17. The van der Waals surface area contributed by atoms with Crippen molar-refractivity contribution in [3.05, 3.63) is 65.2 Å². The van der Waals surface area contributed by atoms with Crippen LogP contribution in [0, 0.1) is 5.82 Å². The van der Waals surface area contributed by atoms with Crippen molar-refractivity contribution < 1.29 is 8.60 Å². The summed E-state index contributed by atoms with van der Waals surface area (Å²) in [6.07, 6.45) is 8.18. The van der Waals surface area contributed by atoms with E-state index in [9.17, 15) is 8.60 Å². The second-order valence-electron chi connectivity index (χ2n) is 9.67. The summed E-state index contributed by atoms with van der Waals surface area (Å²) in [4.78, 5) is 15.8. The average Bonchev–Trinajstić information content (AvgIpc) is 3.34. The highest BCUT2D eigenvalue weighted by molar-refractivity contribution is 7.92. The maximum atomic E-state index is 14.7. The summed E-state index contributed by atoms with van der Waals surface area (Å²) in [5.74, 6) is 1.32. The van der Waals surface area contributed by atoms with Gasteiger partial charge in [0, 0.05) is 53.4 Å². The first-order valence-corrected chi connectivity index (χ1v) is 13.9. The van der Waals surface area contributed by atoms with Crippen LogP contribution in [-0.2, 0) is 22.7 Å². The van der Waals surface area contributed by atoms with Gasteiger partial charge in [0.2, 0.25) is 5.95 Å². The topological polar surface area (TPSA) is 88.3 Å². The van der Waals surface area contributed by atoms with E-state index in [1.54, 1.807) is 35.3 Å². The van der Waals surface area contributed by atoms with Crippen LogP contribution in [0.1, 0.15) is 29.0 Å². The number of anilines is 2. The van der Waals surface area contributed by atoms with Gasteiger partial charge in [0.25, 0.3) is 0 Å². The molecule has 6 rings (SSSR count). The summed E-state index contributed by atoms with van der Waals surface area (Å²) in [6, 6.07) is 9.52. The van der Waals surface area contributed by atoms with Gasteiger partial charge in [-0.2, -0.15) is 9.35 Å². The third-order valence-electron chi connectivity index (χ3n) is 6.53. The van der Waals surface area contributed by atoms with Gasteiger partial charge in [0.15, 0.2) is 17.3 Å². The van der Waals surface area contributed by atoms with Gasteiger partial charge in [-0.1, -0.05) is 6.07 Å². The molecule has 3 aromatic heterocycles. The third-order valence-corrected chi connectivity index (χ3v) is 7.15. The lowest BCUT2D eigenvalue weighted by Crippen LogP contribution is -2.29. The fourth-order valence-corrected chi connectivity index (χ4v) is 5.81. The van der Waals surface area contributed by atoms with Crippen LogP contribution in [0.4, 0.5) is 21.8 Å². The number of nitrogens with one attached hydrogen (secondary N) is 1. The molecule has 1 aliphatic heterocycles. The molecule has 1 unspecified atom stereocenters. The highest BCUT2D eigenvalue weighted by Gasteiger charge is 2.31. The van der Waals surface area contributed by atoms with Crippen molar-refractivity contribution in [3.8, 4) is 5.82 Å². The van der Waals surface area contributed by atoms with Gasteiger partial charge < -0.3 is 10.2 Å². The van der Waals surface area contributed by atoms with Crippen LogP contribution < -0.4 is 5.32 Å². The van der Waals surface area contributed by atoms with E-state index in [0.29, 0.717) is 34.5 Å². The van der Waals surface area contributed by atoms with E-state index in [1.165, 1.54) is 35.5 Å². The molecule has 180 valence electrons. The minimum absolute atomic E-state index is 0.294. The van der Waals surface area contributed by atoms with E-state index in [0.717, 1.165) is 25.2 Å². The number of rotatable bonds is 4. The lowest BCUT2D eigenvalue weighted by molar-refractivity contribution is 0.282. The molecule has 0 fully saturated rings. The summed E-state index contributed by atoms with van der Waals surface area (Å²) in [7, 11) is -0.214. The Hall–Kier alpha value is -3.37. The van der Waals surface area contributed by atoms with Crippen molar-refractivity contribution in [2.24, 2.45) is 4.36 Å². The first kappa shape index (κ1) is 22.1. The molecule has 35 heavy (non-hydrogen) atoms. The summed E-state index contributed by atoms with van der Waals surface area (Å²) in [5, 5.41) is 3.63. The number of hydrogen-bond acceptors (Lipinski definition) is 7. The van der Waals surface area contributed by atoms with Gasteiger partial charge in [0.1, 0.15) is 5.82 Å². The lowest BCUT2D eigenvalue weighted by Gasteiger charge is -2.30. The van der Waals surface area contributed by atoms with Crippen molar-refractivity contribution in [2.45, 2.75) is 25.3 Å². The molecule has 1 atom stereocenters. The number of halogens is 1. The van der Waals surface area contributed by atoms with Crippen molar-refractivity contribution >= 4 is 38.2 Å². The van der Waals surface area contributed by atoms with Gasteiger partial charge in [-0.15, -0.1) is 0 Å². The van der Waals surface area contributed by atoms with Crippen LogP contribution in [0.25, 0.3) is 16.9 Å². The number of fused-ring (bicyclic) bond motifs is 1. The van der Waals surface area contributed by atoms with Crippen LogP contribution >= 0.6 is 0 Å². The van der Waals surface area contributed by atoms with E-state index in [4.69, 9.17) is 0 Å². The van der Waals surface area contributed by atoms with Crippen molar-refractivity contribution in [1.82, 2.24) is 24.4 Å². The molecule has 10 heteroatoms. The summed E-state index contributed by atoms with van der Waals surface area (Å²) in [5.41, 5.74) is 5.59. The van der Waals surface area contributed by atoms with E-state index < -0.39 is 15.5 Å². The molecular formula is C25H26FN7OS. The maximum Gasteiger partial charge on any atom is 0.229 e. The fraction of sp³-hybridized carbons (Fsp3) is 0.320. The number of likely N-dealkylation sites (N-methyl/N-ethyl adjacent to an activating group) is 1. The Bertz CT molecular complexity index is 1600. The van der Waals surface area contributed by atoms with Crippen LogP contribution in [0.2, 0.25) is 0 Å². The Balaban J connectivity index is 1.38. The molecule has 8 nitrogen and oxygen atoms in total. The van der Waals surface area contributed by atoms with Gasteiger partial charge in [-0.3, -0.25) is 4.57 Å². The Kier molecular flexibility index (Phi) is 5.12. The van der Waals surface area contributed by atoms with Crippen molar-refractivity contribution in [2.75, 3.05) is 31.4 Å². The number of nitrogens with zero attached hydrogens (tertiary/aromatic N) is 6. The molecule has 1 aliphatic carbocycles. The highest BCUT2D eigenvalue weighted by atomic mass is 32.2. The maximum absolute atomic E-state index is 14.7. The molecule has 1 N–H and O–H groups in total. The van der Waals surface area contributed by atoms with Crippen molar-refractivity contribution in [3.63, 3.8) is 0 Å². The summed E-state index contributed by atoms with van der Waals surface area (Å²) in [6.45, 7) is 2.04. The number of aryl methyl sites for hydroxylation is 1. The smallest absolute Gasteiger partial charge is 0.229 e. The lowest BCUT2D eigenvalue weighted by atomic mass is 9.91. The van der Waals surface area contributed by atoms with Gasteiger partial charge in [-0.05, 0) is 66.8 Å². The van der Waals surface area contributed by atoms with E-state index in [-0.39, 0.29) is 0 Å². The molecule has 0 amide bonds. The first-order valence-electron chi connectivity index (χ1n) is 11.5. The predicted octanol–water partition coefficient (Wildman–Crippen LogP) is 4.53. The molecule has 0 saturated heterocycles. The SMILES string of the molecule is CN1Cc2cc(Nc3ncc4c(F)cn(-c5cccc(N=S(C)(C)=O)n5)c4n3)cc3c2C(CC3)C1. The molecule has 0 saturated carbocycles. The second-order valence-corrected chi connectivity index (χ2v) is 12.2. The Morgan fingerprint density at radius 2 is 2.03 bits per heavy atom. The minimum Gasteiger partial charge on any atom is -0.324 e. The molecule has 0 radical (unpaired) electrons. The standard InChI is InChI=1S/C25H26FN7OS/c1-32-12-16-8-7-15-9-18(10-17(13-32)23(15)16)28-25-27-11-19-20(26)14-33(24(19)30-25)22-6-4-5-21(29-22)31-35(2,3)34/h4-6,9-11,14,16H,7-8,12-13H2,1-3H3,(H,27,28,30). The Morgan fingerprint density at radius 3 is 2.86 bits per heavy atom. The molecular weight excluding hydrogens is 465 g/mol. The molecule has 4 heterocycles. The van der Waals surface area contributed by atoms with E-state index >= 15 is 0 Å². The van der Waals surface area contributed by atoms with Crippen molar-refractivity contribution in [1.29, 1.82) is 0 Å². The quantitative estimate of drug-likeness (QED) is 0.451. The van der Waals surface area contributed by atoms with Crippen LogP contribution in [0.3, 0.4) is 0 Å². The largest absolute Gasteiger partial charge is 0.324 e. The normalized spacial score (nSPS) is 17.5. The fourth-order valence-electron chi connectivity index (χ4n) is 5.26. The van der Waals surface area contributed by atoms with Crippen LogP contribution in [-0.4, -0.2) is 54.7 Å². The summed E-state index contributed by atoms with van der Waals surface area (Å²) < 4.78 is 32.5. The number of aromatic nitrogens is 4. The van der Waals surface area contributed by atoms with Gasteiger partial charge in [-0.25, -0.2) is 18.6 Å². The molecule has 0 spiro atoms. The van der Waals surface area contributed by atoms with E-state index in [2.05, 4.69) is 48.7 Å². The molecule has 2 aliphatic rings. The molecule has 4 aromatic rings. The molecule has 1 aromatic carbocycles. The van der Waals surface area contributed by atoms with Gasteiger partial charge in [0.05, 0.1) is 5.39 Å². The summed E-state index contributed by atoms with van der Waals surface area (Å²) >= 11 is 0. The first-order chi connectivity index (χ1) is 16.7. The van der Waals surface area contributed by atoms with Crippen LogP contribution in [0.15, 0.2) is 47.1 Å². The number of benzene rings is 1. The monoisotopic (exact) mass is 491 g/mol. The van der Waals surface area contributed by atoms with Gasteiger partial charge >= 0.3 is 0 Å².